The van der Waals surface area contributed by atoms with Gasteiger partial charge in [0.25, 0.3) is 0 Å². The number of amides is 1. The highest BCUT2D eigenvalue weighted by atomic mass is 16.2. The molecule has 100 valence electrons. The van der Waals surface area contributed by atoms with Crippen molar-refractivity contribution in [2.75, 3.05) is 6.54 Å². The van der Waals surface area contributed by atoms with Gasteiger partial charge in [0.2, 0.25) is 5.91 Å². The van der Waals surface area contributed by atoms with Gasteiger partial charge in [-0.3, -0.25) is 9.48 Å². The SMILES string of the molecule is CC(C)(C)C(=O)NCCn1ncc2c1CCCC2. The van der Waals surface area contributed by atoms with Crippen molar-refractivity contribution in [3.8, 4) is 0 Å². The largest absolute Gasteiger partial charge is 0.354 e. The zero-order valence-electron chi connectivity index (χ0n) is 11.6. The van der Waals surface area contributed by atoms with Crippen LogP contribution in [-0.2, 0) is 24.2 Å². The van der Waals surface area contributed by atoms with Gasteiger partial charge in [0.1, 0.15) is 0 Å². The van der Waals surface area contributed by atoms with E-state index in [2.05, 4.69) is 15.1 Å². The van der Waals surface area contributed by atoms with E-state index in [-0.39, 0.29) is 11.3 Å². The lowest BCUT2D eigenvalue weighted by Crippen LogP contribution is -2.36. The molecule has 1 N–H and O–H groups in total. The van der Waals surface area contributed by atoms with Gasteiger partial charge in [-0.2, -0.15) is 5.10 Å². The molecule has 1 aromatic heterocycles. The van der Waals surface area contributed by atoms with E-state index in [4.69, 9.17) is 0 Å². The molecule has 1 heterocycles. The van der Waals surface area contributed by atoms with Crippen molar-refractivity contribution in [2.45, 2.75) is 53.0 Å². The van der Waals surface area contributed by atoms with Crippen molar-refractivity contribution >= 4 is 5.91 Å². The Balaban J connectivity index is 1.88. The molecule has 0 atom stereocenters. The molecule has 0 aromatic carbocycles. The van der Waals surface area contributed by atoms with Gasteiger partial charge in [-0.15, -0.1) is 0 Å². The number of nitrogens with one attached hydrogen (secondary N) is 1. The third-order valence-electron chi connectivity index (χ3n) is 3.44. The van der Waals surface area contributed by atoms with Gasteiger partial charge in [0.05, 0.1) is 12.7 Å². The first-order valence-corrected chi connectivity index (χ1v) is 6.80. The van der Waals surface area contributed by atoms with Gasteiger partial charge < -0.3 is 5.32 Å². The van der Waals surface area contributed by atoms with Crippen molar-refractivity contribution in [3.63, 3.8) is 0 Å². The smallest absolute Gasteiger partial charge is 0.225 e. The molecule has 18 heavy (non-hydrogen) atoms. The zero-order valence-corrected chi connectivity index (χ0v) is 11.6. The minimum Gasteiger partial charge on any atom is -0.354 e. The second-order valence-electron chi connectivity index (χ2n) is 6.05. The summed E-state index contributed by atoms with van der Waals surface area (Å²) in [5.74, 6) is 0.100. The van der Waals surface area contributed by atoms with Crippen LogP contribution in [0, 0.1) is 5.41 Å². The third-order valence-corrected chi connectivity index (χ3v) is 3.44. The van der Waals surface area contributed by atoms with E-state index in [1.165, 1.54) is 24.1 Å². The van der Waals surface area contributed by atoms with Crippen LogP contribution in [-0.4, -0.2) is 22.2 Å². The molecule has 1 aliphatic carbocycles. The quantitative estimate of drug-likeness (QED) is 0.889. The highest BCUT2D eigenvalue weighted by molar-refractivity contribution is 5.81. The first kappa shape index (κ1) is 13.1. The highest BCUT2D eigenvalue weighted by Crippen LogP contribution is 2.20. The summed E-state index contributed by atoms with van der Waals surface area (Å²) in [5.41, 5.74) is 2.44. The zero-order chi connectivity index (χ0) is 13.2. The molecule has 4 nitrogen and oxygen atoms in total. The van der Waals surface area contributed by atoms with Crippen molar-refractivity contribution in [3.05, 3.63) is 17.5 Å². The van der Waals surface area contributed by atoms with Crippen LogP contribution in [0.25, 0.3) is 0 Å². The molecule has 0 saturated heterocycles. The maximum atomic E-state index is 11.7. The summed E-state index contributed by atoms with van der Waals surface area (Å²) >= 11 is 0. The van der Waals surface area contributed by atoms with E-state index in [9.17, 15) is 4.79 Å². The summed E-state index contributed by atoms with van der Waals surface area (Å²) < 4.78 is 2.05. The van der Waals surface area contributed by atoms with Gasteiger partial charge in [-0.05, 0) is 31.2 Å². The maximum Gasteiger partial charge on any atom is 0.225 e. The van der Waals surface area contributed by atoms with Crippen LogP contribution in [0.1, 0.15) is 44.9 Å². The van der Waals surface area contributed by atoms with Crippen molar-refractivity contribution < 1.29 is 4.79 Å². The van der Waals surface area contributed by atoms with E-state index >= 15 is 0 Å². The van der Waals surface area contributed by atoms with Crippen LogP contribution in [0.3, 0.4) is 0 Å². The lowest BCUT2D eigenvalue weighted by molar-refractivity contribution is -0.128. The van der Waals surface area contributed by atoms with E-state index in [1.807, 2.05) is 27.0 Å². The average Bonchev–Trinajstić information content (AvgIpc) is 2.71. The number of carbonyl (C=O) groups is 1. The van der Waals surface area contributed by atoms with Crippen LogP contribution in [0.5, 0.6) is 0 Å². The standard InChI is InChI=1S/C14H23N3O/c1-14(2,3)13(18)15-8-9-17-12-7-5-4-6-11(12)10-16-17/h10H,4-9H2,1-3H3,(H,15,18). The Morgan fingerprint density at radius 1 is 1.39 bits per heavy atom. The molecule has 1 aromatic rings. The van der Waals surface area contributed by atoms with Crippen molar-refractivity contribution in [1.29, 1.82) is 0 Å². The second kappa shape index (κ2) is 5.12. The summed E-state index contributed by atoms with van der Waals surface area (Å²) in [6.07, 6.45) is 6.80. The molecular weight excluding hydrogens is 226 g/mol. The van der Waals surface area contributed by atoms with Crippen LogP contribution in [0.4, 0.5) is 0 Å². The van der Waals surface area contributed by atoms with Gasteiger partial charge in [-0.25, -0.2) is 0 Å². The molecule has 0 radical (unpaired) electrons. The lowest BCUT2D eigenvalue weighted by Gasteiger charge is -2.18. The monoisotopic (exact) mass is 249 g/mol. The van der Waals surface area contributed by atoms with Crippen molar-refractivity contribution in [2.24, 2.45) is 5.41 Å². The molecule has 0 unspecified atom stereocenters. The summed E-state index contributed by atoms with van der Waals surface area (Å²) in [4.78, 5) is 11.7. The molecule has 0 bridgehead atoms. The number of carbonyl (C=O) groups excluding carboxylic acids is 1. The second-order valence-corrected chi connectivity index (χ2v) is 6.05. The number of aryl methyl sites for hydroxylation is 1. The molecule has 1 aliphatic rings. The Hall–Kier alpha value is -1.32. The first-order valence-electron chi connectivity index (χ1n) is 6.80. The molecular formula is C14H23N3O. The number of hydrogen-bond donors (Lipinski definition) is 1. The number of rotatable bonds is 3. The van der Waals surface area contributed by atoms with Crippen LogP contribution >= 0.6 is 0 Å². The summed E-state index contributed by atoms with van der Waals surface area (Å²) in [6.45, 7) is 7.22. The minimum absolute atomic E-state index is 0.100. The molecule has 2 rings (SSSR count). The molecule has 1 amide bonds. The first-order chi connectivity index (χ1) is 8.48. The normalized spacial score (nSPS) is 15.3. The number of hydrogen-bond acceptors (Lipinski definition) is 2. The fourth-order valence-corrected chi connectivity index (χ4v) is 2.29. The third kappa shape index (κ3) is 2.92. The number of aromatic nitrogens is 2. The van der Waals surface area contributed by atoms with Crippen LogP contribution < -0.4 is 5.32 Å². The van der Waals surface area contributed by atoms with E-state index in [0.29, 0.717) is 6.54 Å². The van der Waals surface area contributed by atoms with Gasteiger partial charge >= 0.3 is 0 Å². The molecule has 4 heteroatoms. The Bertz CT molecular complexity index is 429. The Morgan fingerprint density at radius 3 is 2.83 bits per heavy atom. The summed E-state index contributed by atoms with van der Waals surface area (Å²) in [7, 11) is 0. The minimum atomic E-state index is -0.316. The Kier molecular flexibility index (Phi) is 3.73. The van der Waals surface area contributed by atoms with Crippen LogP contribution in [0.2, 0.25) is 0 Å². The average molecular weight is 249 g/mol. The highest BCUT2D eigenvalue weighted by Gasteiger charge is 2.20. The number of nitrogens with zero attached hydrogens (tertiary/aromatic N) is 2. The van der Waals surface area contributed by atoms with Crippen LogP contribution in [0.15, 0.2) is 6.20 Å². The van der Waals surface area contributed by atoms with Gasteiger partial charge in [0.15, 0.2) is 0 Å². The molecule has 0 spiro atoms. The molecule has 0 saturated carbocycles. The fraction of sp³-hybridized carbons (Fsp3) is 0.714. The summed E-state index contributed by atoms with van der Waals surface area (Å²) in [5, 5.41) is 7.39. The molecule has 0 fully saturated rings. The lowest BCUT2D eigenvalue weighted by atomic mass is 9.96. The Labute approximate surface area is 109 Å². The van der Waals surface area contributed by atoms with Crippen molar-refractivity contribution in [1.82, 2.24) is 15.1 Å². The predicted molar refractivity (Wildman–Crippen MR) is 71.3 cm³/mol. The van der Waals surface area contributed by atoms with E-state index in [0.717, 1.165) is 19.4 Å². The maximum absolute atomic E-state index is 11.7. The van der Waals surface area contributed by atoms with E-state index in [1.54, 1.807) is 0 Å². The van der Waals surface area contributed by atoms with Gasteiger partial charge in [-0.1, -0.05) is 20.8 Å². The Morgan fingerprint density at radius 2 is 2.11 bits per heavy atom. The topological polar surface area (TPSA) is 46.9 Å². The fourth-order valence-electron chi connectivity index (χ4n) is 2.29. The predicted octanol–water partition coefficient (Wildman–Crippen LogP) is 1.92. The number of fused-ring (bicyclic) bond motifs is 1. The summed E-state index contributed by atoms with van der Waals surface area (Å²) in [6, 6.07) is 0. The van der Waals surface area contributed by atoms with Gasteiger partial charge in [0, 0.05) is 17.7 Å². The molecule has 0 aliphatic heterocycles. The van der Waals surface area contributed by atoms with E-state index < -0.39 is 0 Å².